The van der Waals surface area contributed by atoms with Crippen LogP contribution in [0.15, 0.2) is 18.2 Å². The highest BCUT2D eigenvalue weighted by Crippen LogP contribution is 2.39. The molecule has 22 heavy (non-hydrogen) atoms. The van der Waals surface area contributed by atoms with Crippen LogP contribution in [-0.2, 0) is 4.79 Å². The van der Waals surface area contributed by atoms with Crippen molar-refractivity contribution in [3.63, 3.8) is 0 Å². The largest absolute Gasteiger partial charge is 0.486 e. The molecule has 1 amide bonds. The van der Waals surface area contributed by atoms with Gasteiger partial charge in [-0.05, 0) is 37.8 Å². The number of nitriles is 1. The van der Waals surface area contributed by atoms with Gasteiger partial charge in [0.15, 0.2) is 11.5 Å². The third-order valence-corrected chi connectivity index (χ3v) is 4.03. The second kappa shape index (κ2) is 5.76. The standard InChI is InChI=1S/C16H19N3O3/c1-16(10-17,11-5-6-11)19-14(20)9-18-12-3-2-4-13-15(12)22-8-7-21-13/h2-4,11,18H,5-9H2,1H3,(H,19,20)/t16-/m0/s1. The lowest BCUT2D eigenvalue weighted by Crippen LogP contribution is -2.48. The molecular formula is C16H19N3O3. The first-order chi connectivity index (χ1) is 10.6. The van der Waals surface area contributed by atoms with Gasteiger partial charge >= 0.3 is 0 Å². The monoisotopic (exact) mass is 301 g/mol. The van der Waals surface area contributed by atoms with Gasteiger partial charge in [0.1, 0.15) is 18.8 Å². The van der Waals surface area contributed by atoms with Gasteiger partial charge in [0.25, 0.3) is 0 Å². The fourth-order valence-corrected chi connectivity index (χ4v) is 2.60. The number of fused-ring (bicyclic) bond motifs is 1. The number of para-hydroxylation sites is 1. The summed E-state index contributed by atoms with van der Waals surface area (Å²) in [6, 6.07) is 7.73. The number of carbonyl (C=O) groups excluding carboxylic acids is 1. The van der Waals surface area contributed by atoms with Crippen molar-refractivity contribution < 1.29 is 14.3 Å². The molecule has 3 rings (SSSR count). The fraction of sp³-hybridized carbons (Fsp3) is 0.500. The number of ether oxygens (including phenoxy) is 2. The number of rotatable bonds is 5. The number of nitrogens with one attached hydrogen (secondary N) is 2. The molecule has 1 aromatic rings. The molecule has 0 spiro atoms. The highest BCUT2D eigenvalue weighted by Gasteiger charge is 2.42. The Morgan fingerprint density at radius 3 is 2.91 bits per heavy atom. The zero-order valence-electron chi connectivity index (χ0n) is 12.5. The quantitative estimate of drug-likeness (QED) is 0.864. The van der Waals surface area contributed by atoms with E-state index in [-0.39, 0.29) is 18.4 Å². The van der Waals surface area contributed by atoms with Crippen LogP contribution in [0.5, 0.6) is 11.5 Å². The minimum Gasteiger partial charge on any atom is -0.486 e. The van der Waals surface area contributed by atoms with Crippen LogP contribution >= 0.6 is 0 Å². The van der Waals surface area contributed by atoms with Gasteiger partial charge in [0, 0.05) is 0 Å². The molecule has 0 aromatic heterocycles. The van der Waals surface area contributed by atoms with Gasteiger partial charge in [0.2, 0.25) is 5.91 Å². The normalized spacial score (nSPS) is 18.7. The van der Waals surface area contributed by atoms with Gasteiger partial charge in [-0.1, -0.05) is 6.07 Å². The summed E-state index contributed by atoms with van der Waals surface area (Å²) in [6.45, 7) is 2.89. The molecule has 2 aliphatic rings. The van der Waals surface area contributed by atoms with Crippen molar-refractivity contribution in [2.75, 3.05) is 25.1 Å². The molecule has 2 N–H and O–H groups in total. The number of nitrogens with zero attached hydrogens (tertiary/aromatic N) is 1. The van der Waals surface area contributed by atoms with E-state index in [1.165, 1.54) is 0 Å². The number of carbonyl (C=O) groups is 1. The molecule has 1 aromatic carbocycles. The maximum Gasteiger partial charge on any atom is 0.240 e. The minimum absolute atomic E-state index is 0.0871. The SMILES string of the molecule is C[C@@](C#N)(NC(=O)CNc1cccc2c1OCCO2)C1CC1. The Bertz CT molecular complexity index is 622. The predicted molar refractivity (Wildman–Crippen MR) is 80.8 cm³/mol. The highest BCUT2D eigenvalue weighted by atomic mass is 16.6. The van der Waals surface area contributed by atoms with E-state index in [9.17, 15) is 10.1 Å². The summed E-state index contributed by atoms with van der Waals surface area (Å²) in [7, 11) is 0. The van der Waals surface area contributed by atoms with E-state index >= 15 is 0 Å². The van der Waals surface area contributed by atoms with Crippen LogP contribution in [0.4, 0.5) is 5.69 Å². The van der Waals surface area contributed by atoms with Crippen LogP contribution in [0.25, 0.3) is 0 Å². The lowest BCUT2D eigenvalue weighted by Gasteiger charge is -2.24. The summed E-state index contributed by atoms with van der Waals surface area (Å²) in [5.74, 6) is 1.37. The van der Waals surface area contributed by atoms with E-state index in [1.54, 1.807) is 6.92 Å². The van der Waals surface area contributed by atoms with E-state index in [0.717, 1.165) is 18.5 Å². The van der Waals surface area contributed by atoms with Gasteiger partial charge in [-0.3, -0.25) is 4.79 Å². The fourth-order valence-electron chi connectivity index (χ4n) is 2.60. The van der Waals surface area contributed by atoms with Crippen LogP contribution in [0, 0.1) is 17.2 Å². The lowest BCUT2D eigenvalue weighted by atomic mass is 9.98. The first kappa shape index (κ1) is 14.5. The summed E-state index contributed by atoms with van der Waals surface area (Å²) in [6.07, 6.45) is 1.99. The number of anilines is 1. The van der Waals surface area contributed by atoms with E-state index in [1.807, 2.05) is 18.2 Å². The Kier molecular flexibility index (Phi) is 3.80. The minimum atomic E-state index is -0.769. The molecule has 6 nitrogen and oxygen atoms in total. The third-order valence-electron chi connectivity index (χ3n) is 4.03. The van der Waals surface area contributed by atoms with Crippen molar-refractivity contribution in [3.05, 3.63) is 18.2 Å². The summed E-state index contributed by atoms with van der Waals surface area (Å²) in [5.41, 5.74) is -0.0495. The Balaban J connectivity index is 1.61. The maximum absolute atomic E-state index is 12.1. The van der Waals surface area contributed by atoms with Crippen molar-refractivity contribution in [1.82, 2.24) is 5.32 Å². The molecule has 0 saturated heterocycles. The predicted octanol–water partition coefficient (Wildman–Crippen LogP) is 1.68. The summed E-state index contributed by atoms with van der Waals surface area (Å²) in [4.78, 5) is 12.1. The maximum atomic E-state index is 12.1. The van der Waals surface area contributed by atoms with Crippen LogP contribution < -0.4 is 20.1 Å². The molecule has 1 aliphatic carbocycles. The van der Waals surface area contributed by atoms with Crippen LogP contribution in [0.3, 0.4) is 0 Å². The number of hydrogen-bond donors (Lipinski definition) is 2. The van der Waals surface area contributed by atoms with Gasteiger partial charge in [-0.2, -0.15) is 5.26 Å². The second-order valence-corrected chi connectivity index (χ2v) is 5.82. The van der Waals surface area contributed by atoms with E-state index in [4.69, 9.17) is 9.47 Å². The molecule has 1 saturated carbocycles. The molecule has 6 heteroatoms. The zero-order chi connectivity index (χ0) is 15.6. The average Bonchev–Trinajstić information content (AvgIpc) is 3.38. The topological polar surface area (TPSA) is 83.4 Å². The molecule has 0 radical (unpaired) electrons. The lowest BCUT2D eigenvalue weighted by molar-refractivity contribution is -0.120. The van der Waals surface area contributed by atoms with Crippen LogP contribution in [0.1, 0.15) is 19.8 Å². The second-order valence-electron chi connectivity index (χ2n) is 5.82. The molecule has 0 bridgehead atoms. The molecule has 1 heterocycles. The van der Waals surface area contributed by atoms with E-state index in [0.29, 0.717) is 24.7 Å². The molecule has 1 aliphatic heterocycles. The Hall–Kier alpha value is -2.42. The number of benzene rings is 1. The Morgan fingerprint density at radius 1 is 1.41 bits per heavy atom. The van der Waals surface area contributed by atoms with Crippen molar-refractivity contribution in [3.8, 4) is 17.6 Å². The van der Waals surface area contributed by atoms with Crippen molar-refractivity contribution in [2.45, 2.75) is 25.3 Å². The van der Waals surface area contributed by atoms with E-state index in [2.05, 4.69) is 16.7 Å². The highest BCUT2D eigenvalue weighted by molar-refractivity contribution is 5.82. The van der Waals surface area contributed by atoms with Gasteiger partial charge in [-0.25, -0.2) is 0 Å². The molecule has 0 unspecified atom stereocenters. The number of hydrogen-bond acceptors (Lipinski definition) is 5. The summed E-state index contributed by atoms with van der Waals surface area (Å²) >= 11 is 0. The van der Waals surface area contributed by atoms with E-state index < -0.39 is 5.54 Å². The number of amides is 1. The summed E-state index contributed by atoms with van der Waals surface area (Å²) in [5, 5.41) is 15.1. The first-order valence-electron chi connectivity index (χ1n) is 7.47. The first-order valence-corrected chi connectivity index (χ1v) is 7.47. The average molecular weight is 301 g/mol. The van der Waals surface area contributed by atoms with Crippen LogP contribution in [0.2, 0.25) is 0 Å². The molecule has 1 fully saturated rings. The smallest absolute Gasteiger partial charge is 0.240 e. The molecule has 116 valence electrons. The van der Waals surface area contributed by atoms with Gasteiger partial charge in [-0.15, -0.1) is 0 Å². The third kappa shape index (κ3) is 2.93. The Morgan fingerprint density at radius 2 is 2.18 bits per heavy atom. The summed E-state index contributed by atoms with van der Waals surface area (Å²) < 4.78 is 11.1. The van der Waals surface area contributed by atoms with Crippen molar-refractivity contribution in [2.24, 2.45) is 5.92 Å². The van der Waals surface area contributed by atoms with Gasteiger partial charge < -0.3 is 20.1 Å². The van der Waals surface area contributed by atoms with Crippen molar-refractivity contribution >= 4 is 11.6 Å². The van der Waals surface area contributed by atoms with Gasteiger partial charge in [0.05, 0.1) is 18.3 Å². The molecule has 1 atom stereocenters. The molecular weight excluding hydrogens is 282 g/mol. The van der Waals surface area contributed by atoms with Crippen LogP contribution in [-0.4, -0.2) is 31.2 Å². The Labute approximate surface area is 129 Å². The van der Waals surface area contributed by atoms with Crippen molar-refractivity contribution in [1.29, 1.82) is 5.26 Å². The zero-order valence-corrected chi connectivity index (χ0v) is 12.5.